The van der Waals surface area contributed by atoms with Crippen molar-refractivity contribution < 1.29 is 4.74 Å². The highest BCUT2D eigenvalue weighted by Crippen LogP contribution is 2.23. The van der Waals surface area contributed by atoms with E-state index in [-0.39, 0.29) is 0 Å². The van der Waals surface area contributed by atoms with E-state index in [9.17, 15) is 0 Å². The number of nitrogen functional groups attached to an aromatic ring is 1. The Balaban J connectivity index is 1.80. The van der Waals surface area contributed by atoms with Crippen molar-refractivity contribution in [3.8, 4) is 0 Å². The van der Waals surface area contributed by atoms with Gasteiger partial charge in [-0.15, -0.1) is 0 Å². The Morgan fingerprint density at radius 2 is 2.19 bits per heavy atom. The van der Waals surface area contributed by atoms with Crippen LogP contribution < -0.4 is 11.1 Å². The quantitative estimate of drug-likeness (QED) is 0.761. The summed E-state index contributed by atoms with van der Waals surface area (Å²) >= 11 is 0. The highest BCUT2D eigenvalue weighted by atomic mass is 16.5. The van der Waals surface area contributed by atoms with E-state index in [1.807, 2.05) is 6.92 Å². The van der Waals surface area contributed by atoms with Crippen molar-refractivity contribution in [2.45, 2.75) is 38.5 Å². The number of ether oxygens (including phenoxy) is 1. The molecular formula is C13H20N2O. The molecule has 0 spiro atoms. The van der Waals surface area contributed by atoms with Crippen LogP contribution in [0.5, 0.6) is 0 Å². The van der Waals surface area contributed by atoms with Crippen LogP contribution in [0.1, 0.15) is 24.0 Å². The Morgan fingerprint density at radius 3 is 2.81 bits per heavy atom. The van der Waals surface area contributed by atoms with Crippen molar-refractivity contribution in [2.75, 3.05) is 12.8 Å². The van der Waals surface area contributed by atoms with Crippen LogP contribution in [0.15, 0.2) is 18.2 Å². The lowest BCUT2D eigenvalue weighted by atomic mass is 9.89. The van der Waals surface area contributed by atoms with Gasteiger partial charge < -0.3 is 15.8 Å². The van der Waals surface area contributed by atoms with E-state index in [1.54, 1.807) is 7.11 Å². The molecule has 3 nitrogen and oxygen atoms in total. The van der Waals surface area contributed by atoms with Gasteiger partial charge in [-0.25, -0.2) is 0 Å². The number of anilines is 1. The van der Waals surface area contributed by atoms with Crippen LogP contribution in [0.25, 0.3) is 0 Å². The smallest absolute Gasteiger partial charge is 0.0601 e. The average Bonchev–Trinajstić information content (AvgIpc) is 2.21. The number of benzene rings is 1. The maximum Gasteiger partial charge on any atom is 0.0601 e. The molecule has 0 saturated heterocycles. The number of hydrogen-bond donors (Lipinski definition) is 2. The first kappa shape index (κ1) is 11.4. The van der Waals surface area contributed by atoms with Gasteiger partial charge in [0.1, 0.15) is 0 Å². The summed E-state index contributed by atoms with van der Waals surface area (Å²) in [5, 5.41) is 3.51. The second-order valence-corrected chi connectivity index (χ2v) is 4.60. The van der Waals surface area contributed by atoms with Crippen molar-refractivity contribution in [3.63, 3.8) is 0 Å². The molecule has 0 aromatic heterocycles. The van der Waals surface area contributed by atoms with Gasteiger partial charge in [-0.2, -0.15) is 0 Å². The van der Waals surface area contributed by atoms with Crippen LogP contribution in [0.3, 0.4) is 0 Å². The van der Waals surface area contributed by atoms with Crippen LogP contribution >= 0.6 is 0 Å². The van der Waals surface area contributed by atoms with Gasteiger partial charge in [0.2, 0.25) is 0 Å². The Hall–Kier alpha value is -1.06. The minimum absolute atomic E-state index is 0.459. The summed E-state index contributed by atoms with van der Waals surface area (Å²) in [6.45, 7) is 2.92. The fourth-order valence-electron chi connectivity index (χ4n) is 1.99. The van der Waals surface area contributed by atoms with Crippen LogP contribution in [0.4, 0.5) is 5.69 Å². The van der Waals surface area contributed by atoms with E-state index in [4.69, 9.17) is 10.5 Å². The largest absolute Gasteiger partial charge is 0.399 e. The zero-order valence-electron chi connectivity index (χ0n) is 9.99. The number of methoxy groups -OCH3 is 1. The van der Waals surface area contributed by atoms with Crippen LogP contribution in [-0.2, 0) is 11.3 Å². The monoisotopic (exact) mass is 220 g/mol. The fourth-order valence-corrected chi connectivity index (χ4v) is 1.99. The van der Waals surface area contributed by atoms with Crippen LogP contribution in [0, 0.1) is 6.92 Å². The van der Waals surface area contributed by atoms with Crippen LogP contribution in [0.2, 0.25) is 0 Å². The van der Waals surface area contributed by atoms with E-state index >= 15 is 0 Å². The summed E-state index contributed by atoms with van der Waals surface area (Å²) in [6, 6.07) is 6.86. The van der Waals surface area contributed by atoms with E-state index < -0.39 is 0 Å². The summed E-state index contributed by atoms with van der Waals surface area (Å²) in [7, 11) is 1.78. The predicted molar refractivity (Wildman–Crippen MR) is 66.3 cm³/mol. The summed E-state index contributed by atoms with van der Waals surface area (Å²) in [5.41, 5.74) is 9.15. The van der Waals surface area contributed by atoms with E-state index in [2.05, 4.69) is 23.5 Å². The molecular weight excluding hydrogens is 200 g/mol. The van der Waals surface area contributed by atoms with Gasteiger partial charge in [0, 0.05) is 25.4 Å². The maximum atomic E-state index is 5.87. The molecule has 2 rings (SSSR count). The van der Waals surface area contributed by atoms with Crippen molar-refractivity contribution in [2.24, 2.45) is 0 Å². The Bertz CT molecular complexity index is 359. The molecule has 1 fully saturated rings. The number of nitrogens with one attached hydrogen (secondary N) is 1. The third-order valence-electron chi connectivity index (χ3n) is 3.37. The van der Waals surface area contributed by atoms with Crippen molar-refractivity contribution in [1.82, 2.24) is 5.32 Å². The van der Waals surface area contributed by atoms with Gasteiger partial charge in [-0.1, -0.05) is 12.1 Å². The lowest BCUT2D eigenvalue weighted by Crippen LogP contribution is -2.44. The van der Waals surface area contributed by atoms with Crippen molar-refractivity contribution in [3.05, 3.63) is 29.3 Å². The third-order valence-corrected chi connectivity index (χ3v) is 3.37. The highest BCUT2D eigenvalue weighted by Gasteiger charge is 2.28. The Labute approximate surface area is 97.0 Å². The lowest BCUT2D eigenvalue weighted by Gasteiger charge is -2.34. The molecule has 0 amide bonds. The van der Waals surface area contributed by atoms with Gasteiger partial charge in [-0.05, 0) is 37.0 Å². The molecule has 1 aromatic rings. The molecule has 0 aliphatic heterocycles. The fraction of sp³-hybridized carbons (Fsp3) is 0.538. The Morgan fingerprint density at radius 1 is 1.44 bits per heavy atom. The predicted octanol–water partition coefficient (Wildman–Crippen LogP) is 1.84. The van der Waals surface area contributed by atoms with E-state index in [0.29, 0.717) is 12.1 Å². The number of hydrogen-bond acceptors (Lipinski definition) is 3. The zero-order valence-corrected chi connectivity index (χ0v) is 9.99. The average molecular weight is 220 g/mol. The first-order valence-corrected chi connectivity index (χ1v) is 5.80. The molecule has 0 atom stereocenters. The molecule has 0 heterocycles. The summed E-state index contributed by atoms with van der Waals surface area (Å²) in [6.07, 6.45) is 2.70. The highest BCUT2D eigenvalue weighted by molar-refractivity contribution is 5.48. The molecule has 3 heteroatoms. The number of nitrogens with two attached hydrogens (primary N) is 1. The zero-order chi connectivity index (χ0) is 11.5. The van der Waals surface area contributed by atoms with Gasteiger partial charge in [0.05, 0.1) is 6.10 Å². The molecule has 16 heavy (non-hydrogen) atoms. The number of aryl methyl sites for hydroxylation is 1. The first-order chi connectivity index (χ1) is 7.69. The standard InChI is InChI=1S/C13H20N2O/c1-9-3-4-10(5-13(9)14)8-15-11-6-12(7-11)16-2/h3-5,11-12,15H,6-8,14H2,1-2H3. The molecule has 1 aliphatic carbocycles. The van der Waals surface area contributed by atoms with Gasteiger partial charge in [0.15, 0.2) is 0 Å². The summed E-state index contributed by atoms with van der Waals surface area (Å²) in [4.78, 5) is 0. The summed E-state index contributed by atoms with van der Waals surface area (Å²) < 4.78 is 5.24. The summed E-state index contributed by atoms with van der Waals surface area (Å²) in [5.74, 6) is 0. The molecule has 1 saturated carbocycles. The molecule has 88 valence electrons. The molecule has 0 bridgehead atoms. The van der Waals surface area contributed by atoms with E-state index in [1.165, 1.54) is 5.56 Å². The maximum absolute atomic E-state index is 5.87. The normalized spacial score (nSPS) is 24.1. The minimum Gasteiger partial charge on any atom is -0.399 e. The molecule has 0 unspecified atom stereocenters. The topological polar surface area (TPSA) is 47.3 Å². The first-order valence-electron chi connectivity index (χ1n) is 5.80. The minimum atomic E-state index is 0.459. The number of rotatable bonds is 4. The van der Waals surface area contributed by atoms with Gasteiger partial charge in [-0.3, -0.25) is 0 Å². The molecule has 1 aromatic carbocycles. The van der Waals surface area contributed by atoms with Gasteiger partial charge in [0.25, 0.3) is 0 Å². The van der Waals surface area contributed by atoms with Crippen molar-refractivity contribution in [1.29, 1.82) is 0 Å². The van der Waals surface area contributed by atoms with Crippen molar-refractivity contribution >= 4 is 5.69 Å². The third kappa shape index (κ3) is 2.54. The van der Waals surface area contributed by atoms with E-state index in [0.717, 1.165) is 30.6 Å². The lowest BCUT2D eigenvalue weighted by molar-refractivity contribution is 0.0170. The van der Waals surface area contributed by atoms with Gasteiger partial charge >= 0.3 is 0 Å². The van der Waals surface area contributed by atoms with Crippen LogP contribution in [-0.4, -0.2) is 19.3 Å². The Kier molecular flexibility index (Phi) is 3.46. The molecule has 1 aliphatic rings. The molecule has 0 radical (unpaired) electrons. The molecule has 3 N–H and O–H groups in total. The second-order valence-electron chi connectivity index (χ2n) is 4.60. The second kappa shape index (κ2) is 4.85. The SMILES string of the molecule is COC1CC(NCc2ccc(C)c(N)c2)C1.